The van der Waals surface area contributed by atoms with E-state index < -0.39 is 0 Å². The summed E-state index contributed by atoms with van der Waals surface area (Å²) >= 11 is 0. The smallest absolute Gasteiger partial charge is 0.249 e. The van der Waals surface area contributed by atoms with Crippen LogP contribution in [0.3, 0.4) is 0 Å². The molecule has 18 heavy (non-hydrogen) atoms. The summed E-state index contributed by atoms with van der Waals surface area (Å²) in [5.41, 5.74) is 0.937. The normalized spacial score (nSPS) is 19.9. The molecule has 1 amide bonds. The summed E-state index contributed by atoms with van der Waals surface area (Å²) in [6.45, 7) is 2.80. The van der Waals surface area contributed by atoms with Crippen LogP contribution in [-0.4, -0.2) is 41.0 Å². The number of aryl methyl sites for hydroxylation is 1. The van der Waals surface area contributed by atoms with Crippen molar-refractivity contribution in [3.8, 4) is 0 Å². The average molecular weight is 249 g/mol. The van der Waals surface area contributed by atoms with E-state index in [0.717, 1.165) is 37.3 Å². The molecule has 0 unspecified atom stereocenters. The number of carbonyl (C=O) groups is 1. The average Bonchev–Trinajstić information content (AvgIpc) is 2.39. The first kappa shape index (κ1) is 13.0. The molecule has 1 aromatic rings. The monoisotopic (exact) mass is 249 g/mol. The standard InChI is InChI=1S/C13H19N3O2/c1-10-14-7-6-11(15-10)12-5-3-4-8-16(12)13(17)9-18-2/h6-7,12H,3-5,8-9H2,1-2H3/t12-/m0/s1. The molecule has 1 aliphatic heterocycles. The van der Waals surface area contributed by atoms with Crippen molar-refractivity contribution >= 4 is 5.91 Å². The van der Waals surface area contributed by atoms with Gasteiger partial charge in [-0.15, -0.1) is 0 Å². The fourth-order valence-corrected chi connectivity index (χ4v) is 2.40. The van der Waals surface area contributed by atoms with Gasteiger partial charge in [0.05, 0.1) is 11.7 Å². The molecular weight excluding hydrogens is 230 g/mol. The highest BCUT2D eigenvalue weighted by atomic mass is 16.5. The van der Waals surface area contributed by atoms with Crippen molar-refractivity contribution in [1.82, 2.24) is 14.9 Å². The largest absolute Gasteiger partial charge is 0.375 e. The van der Waals surface area contributed by atoms with Gasteiger partial charge in [-0.1, -0.05) is 0 Å². The van der Waals surface area contributed by atoms with Crippen LogP contribution in [0, 0.1) is 6.92 Å². The van der Waals surface area contributed by atoms with Gasteiger partial charge >= 0.3 is 0 Å². The van der Waals surface area contributed by atoms with Gasteiger partial charge in [-0.05, 0) is 32.3 Å². The van der Waals surface area contributed by atoms with Crippen molar-refractivity contribution in [3.63, 3.8) is 0 Å². The first-order chi connectivity index (χ1) is 8.72. The Kier molecular flexibility index (Phi) is 4.25. The summed E-state index contributed by atoms with van der Waals surface area (Å²) < 4.78 is 4.94. The maximum Gasteiger partial charge on any atom is 0.249 e. The molecule has 1 fully saturated rings. The van der Waals surface area contributed by atoms with Crippen LogP contribution in [0.1, 0.15) is 36.8 Å². The van der Waals surface area contributed by atoms with E-state index in [1.165, 1.54) is 0 Å². The first-order valence-electron chi connectivity index (χ1n) is 6.30. The molecule has 5 nitrogen and oxygen atoms in total. The summed E-state index contributed by atoms with van der Waals surface area (Å²) in [4.78, 5) is 22.5. The third kappa shape index (κ3) is 2.85. The van der Waals surface area contributed by atoms with Crippen LogP contribution in [-0.2, 0) is 9.53 Å². The molecule has 5 heteroatoms. The van der Waals surface area contributed by atoms with Crippen molar-refractivity contribution in [3.05, 3.63) is 23.8 Å². The van der Waals surface area contributed by atoms with E-state index in [1.807, 2.05) is 17.9 Å². The van der Waals surface area contributed by atoms with Gasteiger partial charge in [-0.3, -0.25) is 4.79 Å². The third-order valence-electron chi connectivity index (χ3n) is 3.23. The Morgan fingerprint density at radius 1 is 1.56 bits per heavy atom. The Bertz CT molecular complexity index is 422. The van der Waals surface area contributed by atoms with Crippen molar-refractivity contribution < 1.29 is 9.53 Å². The quantitative estimate of drug-likeness (QED) is 0.814. The minimum absolute atomic E-state index is 0.0402. The first-order valence-corrected chi connectivity index (χ1v) is 6.30. The second-order valence-electron chi connectivity index (χ2n) is 4.56. The number of nitrogens with zero attached hydrogens (tertiary/aromatic N) is 3. The van der Waals surface area contributed by atoms with Gasteiger partial charge in [0, 0.05) is 19.9 Å². The molecule has 2 heterocycles. The lowest BCUT2D eigenvalue weighted by Gasteiger charge is -2.35. The van der Waals surface area contributed by atoms with Gasteiger partial charge in [-0.2, -0.15) is 0 Å². The van der Waals surface area contributed by atoms with Crippen molar-refractivity contribution in [1.29, 1.82) is 0 Å². The molecule has 1 aromatic heterocycles. The predicted molar refractivity (Wildman–Crippen MR) is 67.0 cm³/mol. The maximum atomic E-state index is 12.0. The molecule has 0 aliphatic carbocycles. The molecule has 1 aliphatic rings. The highest BCUT2D eigenvalue weighted by Crippen LogP contribution is 2.29. The predicted octanol–water partition coefficient (Wildman–Crippen LogP) is 1.49. The molecule has 98 valence electrons. The lowest BCUT2D eigenvalue weighted by molar-refractivity contribution is -0.139. The summed E-state index contributed by atoms with van der Waals surface area (Å²) in [7, 11) is 1.55. The van der Waals surface area contributed by atoms with Crippen LogP contribution < -0.4 is 0 Å². The van der Waals surface area contributed by atoms with Crippen LogP contribution in [0.25, 0.3) is 0 Å². The summed E-state index contributed by atoms with van der Waals surface area (Å²) in [6, 6.07) is 1.97. The SMILES string of the molecule is COCC(=O)N1CCCC[C@H]1c1ccnc(C)n1. The second-order valence-corrected chi connectivity index (χ2v) is 4.56. The summed E-state index contributed by atoms with van der Waals surface area (Å²) in [5, 5.41) is 0. The number of aromatic nitrogens is 2. The number of carbonyl (C=O) groups excluding carboxylic acids is 1. The molecular formula is C13H19N3O2. The number of ether oxygens (including phenoxy) is 1. The number of hydrogen-bond acceptors (Lipinski definition) is 4. The van der Waals surface area contributed by atoms with Gasteiger partial charge in [-0.25, -0.2) is 9.97 Å². The van der Waals surface area contributed by atoms with E-state index in [0.29, 0.717) is 0 Å². The van der Waals surface area contributed by atoms with Gasteiger partial charge < -0.3 is 9.64 Å². The van der Waals surface area contributed by atoms with Gasteiger partial charge in [0.1, 0.15) is 12.4 Å². The third-order valence-corrected chi connectivity index (χ3v) is 3.23. The molecule has 0 aromatic carbocycles. The van der Waals surface area contributed by atoms with Crippen molar-refractivity contribution in [2.75, 3.05) is 20.3 Å². The number of piperidine rings is 1. The number of likely N-dealkylation sites (tertiary alicyclic amines) is 1. The minimum Gasteiger partial charge on any atom is -0.375 e. The minimum atomic E-state index is 0.0402. The number of methoxy groups -OCH3 is 1. The maximum absolute atomic E-state index is 12.0. The Morgan fingerprint density at radius 2 is 2.39 bits per heavy atom. The van der Waals surface area contributed by atoms with Gasteiger partial charge in [0.2, 0.25) is 5.91 Å². The number of amides is 1. The zero-order chi connectivity index (χ0) is 13.0. The van der Waals surface area contributed by atoms with Gasteiger partial charge in [0.15, 0.2) is 0 Å². The van der Waals surface area contributed by atoms with Crippen LogP contribution in [0.2, 0.25) is 0 Å². The Labute approximate surface area is 107 Å². The molecule has 0 bridgehead atoms. The molecule has 1 atom stereocenters. The fraction of sp³-hybridized carbons (Fsp3) is 0.615. The second kappa shape index (κ2) is 5.91. The van der Waals surface area contributed by atoms with E-state index in [9.17, 15) is 4.79 Å². The Balaban J connectivity index is 2.20. The molecule has 0 radical (unpaired) electrons. The number of hydrogen-bond donors (Lipinski definition) is 0. The lowest BCUT2D eigenvalue weighted by Crippen LogP contribution is -2.40. The van der Waals surface area contributed by atoms with E-state index >= 15 is 0 Å². The van der Waals surface area contributed by atoms with E-state index in [2.05, 4.69) is 9.97 Å². The van der Waals surface area contributed by atoms with Crippen LogP contribution in [0.5, 0.6) is 0 Å². The Morgan fingerprint density at radius 3 is 3.11 bits per heavy atom. The van der Waals surface area contributed by atoms with Crippen LogP contribution in [0.15, 0.2) is 12.3 Å². The molecule has 0 N–H and O–H groups in total. The number of rotatable bonds is 3. The highest BCUT2D eigenvalue weighted by molar-refractivity contribution is 5.78. The fourth-order valence-electron chi connectivity index (χ4n) is 2.40. The molecule has 0 spiro atoms. The summed E-state index contributed by atoms with van der Waals surface area (Å²) in [6.07, 6.45) is 4.90. The van der Waals surface area contributed by atoms with Crippen LogP contribution >= 0.6 is 0 Å². The Hall–Kier alpha value is -1.49. The summed E-state index contributed by atoms with van der Waals surface area (Å²) in [5.74, 6) is 0.788. The lowest BCUT2D eigenvalue weighted by atomic mass is 9.99. The van der Waals surface area contributed by atoms with E-state index in [4.69, 9.17) is 4.74 Å². The van der Waals surface area contributed by atoms with E-state index in [-0.39, 0.29) is 18.6 Å². The van der Waals surface area contributed by atoms with Crippen LogP contribution in [0.4, 0.5) is 0 Å². The zero-order valence-electron chi connectivity index (χ0n) is 10.9. The highest BCUT2D eigenvalue weighted by Gasteiger charge is 2.28. The van der Waals surface area contributed by atoms with E-state index in [1.54, 1.807) is 13.3 Å². The van der Waals surface area contributed by atoms with Crippen molar-refractivity contribution in [2.45, 2.75) is 32.2 Å². The topological polar surface area (TPSA) is 55.3 Å². The van der Waals surface area contributed by atoms with Crippen molar-refractivity contribution in [2.24, 2.45) is 0 Å². The zero-order valence-corrected chi connectivity index (χ0v) is 10.9. The van der Waals surface area contributed by atoms with Gasteiger partial charge in [0.25, 0.3) is 0 Å². The molecule has 1 saturated heterocycles. The molecule has 2 rings (SSSR count). The molecule has 0 saturated carbocycles.